The number of nitrogens with one attached hydrogen (secondary N) is 1. The molecule has 0 saturated heterocycles. The summed E-state index contributed by atoms with van der Waals surface area (Å²) in [5.41, 5.74) is 2.42. The zero-order chi connectivity index (χ0) is 7.11. The Hall–Kier alpha value is -0.345. The van der Waals surface area contributed by atoms with Gasteiger partial charge in [0, 0.05) is 0 Å². The molecule has 0 heterocycles. The van der Waals surface area contributed by atoms with Crippen molar-refractivity contribution in [1.29, 1.82) is 0 Å². The zero-order valence-corrected chi connectivity index (χ0v) is 5.76. The number of hydrazine groups is 1. The van der Waals surface area contributed by atoms with Crippen molar-refractivity contribution in [3.63, 3.8) is 0 Å². The molecule has 0 bridgehead atoms. The van der Waals surface area contributed by atoms with Gasteiger partial charge in [0.15, 0.2) is 0 Å². The SMILES string of the molecule is BCCC[C@@H](C=O)NN. The van der Waals surface area contributed by atoms with Gasteiger partial charge in [-0.1, -0.05) is 12.7 Å². The van der Waals surface area contributed by atoms with E-state index in [2.05, 4.69) is 13.3 Å². The van der Waals surface area contributed by atoms with Crippen LogP contribution >= 0.6 is 0 Å². The Bertz CT molecular complexity index is 79.4. The third-order valence-electron chi connectivity index (χ3n) is 1.25. The van der Waals surface area contributed by atoms with Gasteiger partial charge in [0.1, 0.15) is 14.1 Å². The quantitative estimate of drug-likeness (QED) is 0.213. The van der Waals surface area contributed by atoms with E-state index < -0.39 is 0 Å². The van der Waals surface area contributed by atoms with Crippen LogP contribution in [-0.2, 0) is 4.79 Å². The fourth-order valence-electron chi connectivity index (χ4n) is 0.615. The fraction of sp³-hybridized carbons (Fsp3) is 0.800. The molecule has 4 heteroatoms. The van der Waals surface area contributed by atoms with Gasteiger partial charge in [-0.25, -0.2) is 0 Å². The fourth-order valence-corrected chi connectivity index (χ4v) is 0.615. The summed E-state index contributed by atoms with van der Waals surface area (Å²) < 4.78 is 0. The number of hydrogen-bond acceptors (Lipinski definition) is 3. The predicted molar refractivity (Wildman–Crippen MR) is 39.8 cm³/mol. The standard InChI is InChI=1S/C5H13BN2O/c6-3-1-2-5(4-9)8-7/h4-5,8H,1-3,6-7H2/t5-/m0/s1. The van der Waals surface area contributed by atoms with E-state index in [1.807, 2.05) is 0 Å². The average molecular weight is 128 g/mol. The monoisotopic (exact) mass is 128 g/mol. The van der Waals surface area contributed by atoms with Crippen molar-refractivity contribution < 1.29 is 4.79 Å². The molecule has 1 atom stereocenters. The number of rotatable bonds is 5. The van der Waals surface area contributed by atoms with Crippen molar-refractivity contribution in [2.75, 3.05) is 0 Å². The van der Waals surface area contributed by atoms with Crippen LogP contribution in [0.4, 0.5) is 0 Å². The highest BCUT2D eigenvalue weighted by molar-refractivity contribution is 6.08. The van der Waals surface area contributed by atoms with Crippen LogP contribution in [0.25, 0.3) is 0 Å². The summed E-state index contributed by atoms with van der Waals surface area (Å²) in [5, 5.41) is 0. The van der Waals surface area contributed by atoms with E-state index in [4.69, 9.17) is 5.84 Å². The highest BCUT2D eigenvalue weighted by atomic mass is 16.1. The summed E-state index contributed by atoms with van der Waals surface area (Å²) in [7, 11) is 2.08. The molecule has 0 amide bonds. The topological polar surface area (TPSA) is 55.1 Å². The van der Waals surface area contributed by atoms with Gasteiger partial charge in [-0.3, -0.25) is 11.3 Å². The smallest absolute Gasteiger partial charge is 0.138 e. The van der Waals surface area contributed by atoms with Crippen LogP contribution in [0.3, 0.4) is 0 Å². The molecule has 0 aliphatic rings. The Balaban J connectivity index is 3.20. The second-order valence-electron chi connectivity index (χ2n) is 2.05. The van der Waals surface area contributed by atoms with Gasteiger partial charge in [-0.2, -0.15) is 0 Å². The van der Waals surface area contributed by atoms with Crippen LogP contribution in [0.5, 0.6) is 0 Å². The van der Waals surface area contributed by atoms with Crippen LogP contribution in [0, 0.1) is 0 Å². The van der Waals surface area contributed by atoms with Crippen molar-refractivity contribution in [3.05, 3.63) is 0 Å². The summed E-state index contributed by atoms with van der Waals surface area (Å²) in [5.74, 6) is 5.04. The molecule has 0 aliphatic carbocycles. The Morgan fingerprint density at radius 1 is 1.78 bits per heavy atom. The maximum atomic E-state index is 10.1. The minimum atomic E-state index is -0.148. The molecular weight excluding hydrogens is 115 g/mol. The molecule has 0 saturated carbocycles. The molecule has 3 N–H and O–H groups in total. The summed E-state index contributed by atoms with van der Waals surface area (Å²) in [4.78, 5) is 10.1. The average Bonchev–Trinajstić information content (AvgIpc) is 1.91. The van der Waals surface area contributed by atoms with Crippen LogP contribution in [-0.4, -0.2) is 20.2 Å². The molecule has 0 fully saturated rings. The minimum absolute atomic E-state index is 0.148. The maximum absolute atomic E-state index is 10.1. The van der Waals surface area contributed by atoms with E-state index in [0.717, 1.165) is 25.4 Å². The maximum Gasteiger partial charge on any atom is 0.138 e. The Kier molecular flexibility index (Phi) is 5.56. The molecule has 0 unspecified atom stereocenters. The summed E-state index contributed by atoms with van der Waals surface area (Å²) in [6, 6.07) is -0.148. The highest BCUT2D eigenvalue weighted by Crippen LogP contribution is 1.95. The molecule has 52 valence electrons. The molecular formula is C5H13BN2O. The van der Waals surface area contributed by atoms with Gasteiger partial charge in [0.05, 0.1) is 6.04 Å². The van der Waals surface area contributed by atoms with Gasteiger partial charge < -0.3 is 4.79 Å². The second-order valence-corrected chi connectivity index (χ2v) is 2.05. The van der Waals surface area contributed by atoms with Gasteiger partial charge in [-0.15, -0.1) is 0 Å². The lowest BCUT2D eigenvalue weighted by molar-refractivity contribution is -0.109. The first-order valence-corrected chi connectivity index (χ1v) is 3.26. The molecule has 0 aromatic rings. The van der Waals surface area contributed by atoms with Crippen LogP contribution in [0.2, 0.25) is 6.32 Å². The van der Waals surface area contributed by atoms with Crippen molar-refractivity contribution in [1.82, 2.24) is 5.43 Å². The van der Waals surface area contributed by atoms with Crippen molar-refractivity contribution in [3.8, 4) is 0 Å². The number of nitrogens with two attached hydrogens (primary N) is 1. The third kappa shape index (κ3) is 4.18. The van der Waals surface area contributed by atoms with Gasteiger partial charge >= 0.3 is 0 Å². The summed E-state index contributed by atoms with van der Waals surface area (Å²) in [6.45, 7) is 0. The molecule has 0 radical (unpaired) electrons. The van der Waals surface area contributed by atoms with E-state index in [1.165, 1.54) is 0 Å². The molecule has 0 aromatic heterocycles. The number of aldehydes is 1. The first kappa shape index (κ1) is 8.65. The van der Waals surface area contributed by atoms with Crippen molar-refractivity contribution in [2.24, 2.45) is 5.84 Å². The normalized spacial score (nSPS) is 13.0. The summed E-state index contributed by atoms with van der Waals surface area (Å²) in [6.07, 6.45) is 3.84. The molecule has 0 spiro atoms. The van der Waals surface area contributed by atoms with E-state index in [0.29, 0.717) is 0 Å². The number of carbonyl (C=O) groups excluding carboxylic acids is 1. The molecule has 0 aromatic carbocycles. The minimum Gasteiger partial charge on any atom is -0.302 e. The third-order valence-corrected chi connectivity index (χ3v) is 1.25. The number of carbonyl (C=O) groups is 1. The first-order chi connectivity index (χ1) is 4.35. The van der Waals surface area contributed by atoms with Crippen LogP contribution < -0.4 is 11.3 Å². The van der Waals surface area contributed by atoms with Crippen LogP contribution in [0.1, 0.15) is 12.8 Å². The van der Waals surface area contributed by atoms with Crippen molar-refractivity contribution in [2.45, 2.75) is 25.2 Å². The van der Waals surface area contributed by atoms with E-state index in [9.17, 15) is 4.79 Å². The van der Waals surface area contributed by atoms with Crippen molar-refractivity contribution >= 4 is 14.1 Å². The summed E-state index contributed by atoms with van der Waals surface area (Å²) >= 11 is 0. The first-order valence-electron chi connectivity index (χ1n) is 3.26. The largest absolute Gasteiger partial charge is 0.302 e. The predicted octanol–water partition coefficient (Wildman–Crippen LogP) is -1.15. The lowest BCUT2D eigenvalue weighted by Gasteiger charge is -2.05. The molecule has 0 aliphatic heterocycles. The lowest BCUT2D eigenvalue weighted by Crippen LogP contribution is -2.36. The number of hydrogen-bond donors (Lipinski definition) is 2. The molecule has 9 heavy (non-hydrogen) atoms. The van der Waals surface area contributed by atoms with Crippen LogP contribution in [0.15, 0.2) is 0 Å². The van der Waals surface area contributed by atoms with Gasteiger partial charge in [0.25, 0.3) is 0 Å². The van der Waals surface area contributed by atoms with E-state index in [1.54, 1.807) is 0 Å². The van der Waals surface area contributed by atoms with E-state index >= 15 is 0 Å². The Morgan fingerprint density at radius 2 is 2.44 bits per heavy atom. The molecule has 0 rings (SSSR count). The Morgan fingerprint density at radius 3 is 2.78 bits per heavy atom. The zero-order valence-electron chi connectivity index (χ0n) is 5.76. The van der Waals surface area contributed by atoms with Gasteiger partial charge in [0.2, 0.25) is 0 Å². The lowest BCUT2D eigenvalue weighted by atomic mass is 9.98. The van der Waals surface area contributed by atoms with E-state index in [-0.39, 0.29) is 6.04 Å². The van der Waals surface area contributed by atoms with Gasteiger partial charge in [-0.05, 0) is 6.42 Å². The second kappa shape index (κ2) is 5.79. The molecule has 3 nitrogen and oxygen atoms in total. The Labute approximate surface area is 56.4 Å². The highest BCUT2D eigenvalue weighted by Gasteiger charge is 2.00.